The summed E-state index contributed by atoms with van der Waals surface area (Å²) in [6.07, 6.45) is 1.87. The van der Waals surface area contributed by atoms with Gasteiger partial charge in [0.15, 0.2) is 0 Å². The van der Waals surface area contributed by atoms with Crippen LogP contribution in [0.2, 0.25) is 0 Å². The topological polar surface area (TPSA) is 37.0 Å². The molecule has 0 saturated heterocycles. The molecule has 3 heteroatoms. The zero-order chi connectivity index (χ0) is 11.2. The minimum Gasteiger partial charge on any atom is -0.318 e. The molecule has 0 amide bonds. The molecule has 2 aromatic rings. The van der Waals surface area contributed by atoms with Crippen molar-refractivity contribution in [2.75, 3.05) is 20.1 Å². The van der Waals surface area contributed by atoms with Gasteiger partial charge in [0.05, 0.1) is 5.69 Å². The Hall–Kier alpha value is -1.45. The fourth-order valence-electron chi connectivity index (χ4n) is 1.74. The van der Waals surface area contributed by atoms with Crippen LogP contribution in [0.25, 0.3) is 10.8 Å². The Labute approximate surface area is 95.9 Å². The van der Waals surface area contributed by atoms with Crippen LogP contribution in [-0.4, -0.2) is 25.1 Å². The Balaban J connectivity index is 2.11. The highest BCUT2D eigenvalue weighted by molar-refractivity contribution is 5.84. The molecule has 3 nitrogen and oxygen atoms in total. The van der Waals surface area contributed by atoms with Crippen LogP contribution in [0.3, 0.4) is 0 Å². The summed E-state index contributed by atoms with van der Waals surface area (Å²) in [4.78, 5) is 4.42. The number of pyridine rings is 1. The normalized spacial score (nSPS) is 10.8. The Morgan fingerprint density at radius 3 is 2.88 bits per heavy atom. The molecule has 0 aliphatic carbocycles. The Bertz CT molecular complexity index is 448. The van der Waals surface area contributed by atoms with Crippen LogP contribution in [-0.2, 0) is 6.54 Å². The summed E-state index contributed by atoms with van der Waals surface area (Å²) in [6, 6.07) is 10.4. The highest BCUT2D eigenvalue weighted by atomic mass is 14.9. The largest absolute Gasteiger partial charge is 0.318 e. The number of likely N-dealkylation sites (N-methyl/N-ethyl adjacent to an activating group) is 1. The van der Waals surface area contributed by atoms with Crippen molar-refractivity contribution in [1.29, 1.82) is 0 Å². The standard InChI is InChI=1S/C13H17N3/c1-14-8-9-15-10-13-12-5-3-2-4-11(12)6-7-16-13/h2-7,14-15H,8-10H2,1H3. The van der Waals surface area contributed by atoms with Crippen LogP contribution >= 0.6 is 0 Å². The predicted octanol–water partition coefficient (Wildman–Crippen LogP) is 1.54. The summed E-state index contributed by atoms with van der Waals surface area (Å²) >= 11 is 0. The molecule has 0 saturated carbocycles. The quantitative estimate of drug-likeness (QED) is 0.743. The van der Waals surface area contributed by atoms with Crippen LogP contribution in [0, 0.1) is 0 Å². The molecule has 16 heavy (non-hydrogen) atoms. The van der Waals surface area contributed by atoms with E-state index >= 15 is 0 Å². The molecule has 1 aromatic carbocycles. The van der Waals surface area contributed by atoms with Crippen molar-refractivity contribution in [3.8, 4) is 0 Å². The Morgan fingerprint density at radius 1 is 1.12 bits per heavy atom. The van der Waals surface area contributed by atoms with Gasteiger partial charge in [0.1, 0.15) is 0 Å². The number of nitrogens with zero attached hydrogens (tertiary/aromatic N) is 1. The maximum absolute atomic E-state index is 4.42. The summed E-state index contributed by atoms with van der Waals surface area (Å²) < 4.78 is 0. The van der Waals surface area contributed by atoms with Gasteiger partial charge in [-0.05, 0) is 18.5 Å². The van der Waals surface area contributed by atoms with E-state index in [1.165, 1.54) is 10.8 Å². The summed E-state index contributed by atoms with van der Waals surface area (Å²) in [5.74, 6) is 0. The zero-order valence-electron chi connectivity index (χ0n) is 9.53. The van der Waals surface area contributed by atoms with Gasteiger partial charge < -0.3 is 10.6 Å². The van der Waals surface area contributed by atoms with E-state index in [0.29, 0.717) is 0 Å². The Morgan fingerprint density at radius 2 is 2.00 bits per heavy atom. The monoisotopic (exact) mass is 215 g/mol. The summed E-state index contributed by atoms with van der Waals surface area (Å²) in [5, 5.41) is 8.97. The van der Waals surface area contributed by atoms with Gasteiger partial charge in [-0.15, -0.1) is 0 Å². The molecule has 0 aliphatic heterocycles. The SMILES string of the molecule is CNCCNCc1nccc2ccccc12. The number of aromatic nitrogens is 1. The first-order valence-corrected chi connectivity index (χ1v) is 5.60. The van der Waals surface area contributed by atoms with E-state index in [4.69, 9.17) is 0 Å². The number of fused-ring (bicyclic) bond motifs is 1. The maximum atomic E-state index is 4.42. The van der Waals surface area contributed by atoms with E-state index in [9.17, 15) is 0 Å². The van der Waals surface area contributed by atoms with Crippen molar-refractivity contribution in [3.63, 3.8) is 0 Å². The van der Waals surface area contributed by atoms with Crippen molar-refractivity contribution < 1.29 is 0 Å². The molecule has 0 fully saturated rings. The summed E-state index contributed by atoms with van der Waals surface area (Å²) in [7, 11) is 1.96. The second-order valence-electron chi connectivity index (χ2n) is 3.76. The minimum atomic E-state index is 0.822. The van der Waals surface area contributed by atoms with E-state index < -0.39 is 0 Å². The van der Waals surface area contributed by atoms with Crippen LogP contribution in [0.4, 0.5) is 0 Å². The first-order valence-electron chi connectivity index (χ1n) is 5.60. The van der Waals surface area contributed by atoms with Gasteiger partial charge in [-0.25, -0.2) is 0 Å². The molecule has 0 bridgehead atoms. The number of nitrogens with one attached hydrogen (secondary N) is 2. The van der Waals surface area contributed by atoms with Gasteiger partial charge >= 0.3 is 0 Å². The smallest absolute Gasteiger partial charge is 0.0619 e. The average Bonchev–Trinajstić information content (AvgIpc) is 2.35. The van der Waals surface area contributed by atoms with Crippen LogP contribution in [0.15, 0.2) is 36.5 Å². The lowest BCUT2D eigenvalue weighted by Crippen LogP contribution is -2.24. The second kappa shape index (κ2) is 5.58. The summed E-state index contributed by atoms with van der Waals surface area (Å²) in [5.41, 5.74) is 1.12. The highest BCUT2D eigenvalue weighted by Gasteiger charge is 2.00. The number of hydrogen-bond donors (Lipinski definition) is 2. The van der Waals surface area contributed by atoms with E-state index in [1.54, 1.807) is 0 Å². The van der Waals surface area contributed by atoms with Gasteiger partial charge in [0.2, 0.25) is 0 Å². The molecule has 2 N–H and O–H groups in total. The fourth-order valence-corrected chi connectivity index (χ4v) is 1.74. The molecular formula is C13H17N3. The molecule has 0 unspecified atom stereocenters. The van der Waals surface area contributed by atoms with Gasteiger partial charge in [0.25, 0.3) is 0 Å². The molecule has 0 radical (unpaired) electrons. The lowest BCUT2D eigenvalue weighted by atomic mass is 10.1. The molecule has 84 valence electrons. The predicted molar refractivity (Wildman–Crippen MR) is 67.4 cm³/mol. The van der Waals surface area contributed by atoms with Crippen molar-refractivity contribution >= 4 is 10.8 Å². The average molecular weight is 215 g/mol. The third-order valence-corrected chi connectivity index (χ3v) is 2.60. The zero-order valence-corrected chi connectivity index (χ0v) is 9.53. The van der Waals surface area contributed by atoms with Gasteiger partial charge in [-0.2, -0.15) is 0 Å². The van der Waals surface area contributed by atoms with Crippen molar-refractivity contribution in [2.24, 2.45) is 0 Å². The van der Waals surface area contributed by atoms with E-state index in [0.717, 1.165) is 25.3 Å². The van der Waals surface area contributed by atoms with Crippen LogP contribution in [0.1, 0.15) is 5.69 Å². The van der Waals surface area contributed by atoms with E-state index in [2.05, 4.69) is 39.9 Å². The van der Waals surface area contributed by atoms with Crippen LogP contribution in [0.5, 0.6) is 0 Å². The molecular weight excluding hydrogens is 198 g/mol. The van der Waals surface area contributed by atoms with Crippen molar-refractivity contribution in [2.45, 2.75) is 6.54 Å². The van der Waals surface area contributed by atoms with Crippen molar-refractivity contribution in [1.82, 2.24) is 15.6 Å². The van der Waals surface area contributed by atoms with Gasteiger partial charge in [0, 0.05) is 31.2 Å². The van der Waals surface area contributed by atoms with Crippen molar-refractivity contribution in [3.05, 3.63) is 42.2 Å². The molecule has 2 rings (SSSR count). The minimum absolute atomic E-state index is 0.822. The molecule has 1 aromatic heterocycles. The fraction of sp³-hybridized carbons (Fsp3) is 0.308. The molecule has 1 heterocycles. The molecule has 0 atom stereocenters. The lowest BCUT2D eigenvalue weighted by molar-refractivity contribution is 0.645. The number of benzene rings is 1. The number of hydrogen-bond acceptors (Lipinski definition) is 3. The third-order valence-electron chi connectivity index (χ3n) is 2.60. The molecule has 0 spiro atoms. The number of rotatable bonds is 5. The first kappa shape index (κ1) is 11.0. The third kappa shape index (κ3) is 2.56. The van der Waals surface area contributed by atoms with E-state index in [1.807, 2.05) is 19.3 Å². The maximum Gasteiger partial charge on any atom is 0.0619 e. The van der Waals surface area contributed by atoms with Gasteiger partial charge in [-0.3, -0.25) is 4.98 Å². The first-order chi connectivity index (χ1) is 7.92. The van der Waals surface area contributed by atoms with Gasteiger partial charge in [-0.1, -0.05) is 24.3 Å². The van der Waals surface area contributed by atoms with E-state index in [-0.39, 0.29) is 0 Å². The summed E-state index contributed by atoms with van der Waals surface area (Å²) in [6.45, 7) is 2.76. The highest BCUT2D eigenvalue weighted by Crippen LogP contribution is 2.15. The Kier molecular flexibility index (Phi) is 3.86. The van der Waals surface area contributed by atoms with Crippen LogP contribution < -0.4 is 10.6 Å². The lowest BCUT2D eigenvalue weighted by Gasteiger charge is -2.06. The molecule has 0 aliphatic rings. The second-order valence-corrected chi connectivity index (χ2v) is 3.76.